The van der Waals surface area contributed by atoms with Gasteiger partial charge in [-0.05, 0) is 42.7 Å². The summed E-state index contributed by atoms with van der Waals surface area (Å²) in [6, 6.07) is 9.57. The molecule has 2 amide bonds. The van der Waals surface area contributed by atoms with Gasteiger partial charge in [0, 0.05) is 37.1 Å². The summed E-state index contributed by atoms with van der Waals surface area (Å²) >= 11 is 0. The Morgan fingerprint density at radius 3 is 2.71 bits per heavy atom. The highest BCUT2D eigenvalue weighted by atomic mass is 19.1. The fraction of sp³-hybridized carbons (Fsp3) is 0.458. The molecule has 0 spiro atoms. The number of carbonyl (C=O) groups excluding carboxylic acids is 2. The van der Waals surface area contributed by atoms with Crippen molar-refractivity contribution < 1.29 is 18.7 Å². The van der Waals surface area contributed by atoms with Crippen molar-refractivity contribution in [1.29, 1.82) is 0 Å². The maximum atomic E-state index is 13.7. The maximum absolute atomic E-state index is 13.7. The second-order valence-corrected chi connectivity index (χ2v) is 8.33. The minimum atomic E-state index is -0.472. The van der Waals surface area contributed by atoms with Crippen LogP contribution in [0.25, 0.3) is 0 Å². The summed E-state index contributed by atoms with van der Waals surface area (Å²) < 4.78 is 19.8. The molecule has 0 radical (unpaired) electrons. The molecule has 1 aromatic carbocycles. The van der Waals surface area contributed by atoms with Gasteiger partial charge in [0.05, 0.1) is 12.7 Å². The average Bonchev–Trinajstić information content (AvgIpc) is 2.97. The van der Waals surface area contributed by atoms with Crippen molar-refractivity contribution in [3.05, 3.63) is 65.7 Å². The van der Waals surface area contributed by atoms with Gasteiger partial charge in [-0.1, -0.05) is 31.4 Å². The third kappa shape index (κ3) is 5.47. The summed E-state index contributed by atoms with van der Waals surface area (Å²) in [5.41, 5.74) is 1.18. The van der Waals surface area contributed by atoms with Crippen LogP contribution in [-0.4, -0.2) is 58.4 Å². The van der Waals surface area contributed by atoms with Gasteiger partial charge in [0.25, 0.3) is 5.91 Å². The van der Waals surface area contributed by atoms with Gasteiger partial charge in [-0.3, -0.25) is 14.6 Å². The van der Waals surface area contributed by atoms with E-state index in [-0.39, 0.29) is 42.6 Å². The number of benzene rings is 1. The lowest BCUT2D eigenvalue weighted by atomic mass is 9.94. The first-order chi connectivity index (χ1) is 15.1. The molecule has 1 atom stereocenters. The Kier molecular flexibility index (Phi) is 6.92. The lowest BCUT2D eigenvalue weighted by Crippen LogP contribution is -2.46. The summed E-state index contributed by atoms with van der Waals surface area (Å²) in [4.78, 5) is 33.7. The van der Waals surface area contributed by atoms with E-state index in [0.29, 0.717) is 13.2 Å². The molecule has 31 heavy (non-hydrogen) atoms. The Hall–Kier alpha value is -2.80. The van der Waals surface area contributed by atoms with E-state index < -0.39 is 5.82 Å². The van der Waals surface area contributed by atoms with Crippen molar-refractivity contribution in [3.63, 3.8) is 0 Å². The molecule has 2 heterocycles. The zero-order valence-electron chi connectivity index (χ0n) is 17.6. The van der Waals surface area contributed by atoms with Crippen LogP contribution in [0, 0.1) is 5.82 Å². The summed E-state index contributed by atoms with van der Waals surface area (Å²) in [6.45, 7) is 1.08. The summed E-state index contributed by atoms with van der Waals surface area (Å²) in [6.07, 6.45) is 8.52. The summed E-state index contributed by atoms with van der Waals surface area (Å²) in [5, 5.41) is 0. The van der Waals surface area contributed by atoms with Crippen LogP contribution in [-0.2, 0) is 16.1 Å². The van der Waals surface area contributed by atoms with Crippen LogP contribution in [0.4, 0.5) is 4.39 Å². The topological polar surface area (TPSA) is 62.7 Å². The number of halogens is 1. The number of hydrogen-bond acceptors (Lipinski definition) is 4. The summed E-state index contributed by atoms with van der Waals surface area (Å²) in [5.74, 6) is -0.891. The van der Waals surface area contributed by atoms with Crippen molar-refractivity contribution in [2.75, 3.05) is 19.6 Å². The number of amides is 2. The van der Waals surface area contributed by atoms with Gasteiger partial charge < -0.3 is 14.5 Å². The highest BCUT2D eigenvalue weighted by Gasteiger charge is 2.35. The van der Waals surface area contributed by atoms with Gasteiger partial charge in [0.15, 0.2) is 0 Å². The van der Waals surface area contributed by atoms with E-state index >= 15 is 0 Å². The molecule has 1 saturated carbocycles. The van der Waals surface area contributed by atoms with Crippen molar-refractivity contribution in [3.8, 4) is 0 Å². The number of ether oxygens (including phenoxy) is 1. The van der Waals surface area contributed by atoms with E-state index in [0.717, 1.165) is 31.2 Å². The minimum Gasteiger partial charge on any atom is -0.370 e. The van der Waals surface area contributed by atoms with Crippen LogP contribution in [0.15, 0.2) is 48.8 Å². The number of rotatable bonds is 5. The predicted octanol–water partition coefficient (Wildman–Crippen LogP) is 3.42. The zero-order valence-corrected chi connectivity index (χ0v) is 17.6. The minimum absolute atomic E-state index is 0.0153. The van der Waals surface area contributed by atoms with Gasteiger partial charge in [-0.15, -0.1) is 0 Å². The van der Waals surface area contributed by atoms with Crippen LogP contribution in [0.2, 0.25) is 0 Å². The van der Waals surface area contributed by atoms with Gasteiger partial charge in [-0.25, -0.2) is 4.39 Å². The highest BCUT2D eigenvalue weighted by molar-refractivity contribution is 5.96. The Balaban J connectivity index is 1.53. The van der Waals surface area contributed by atoms with Gasteiger partial charge in [0.2, 0.25) is 5.91 Å². The van der Waals surface area contributed by atoms with Crippen LogP contribution < -0.4 is 0 Å². The van der Waals surface area contributed by atoms with Crippen molar-refractivity contribution in [2.45, 2.75) is 50.9 Å². The molecule has 2 aliphatic rings. The van der Waals surface area contributed by atoms with Crippen LogP contribution in [0.5, 0.6) is 0 Å². The predicted molar refractivity (Wildman–Crippen MR) is 114 cm³/mol. The third-order valence-electron chi connectivity index (χ3n) is 6.05. The monoisotopic (exact) mass is 425 g/mol. The molecular formula is C24H28FN3O3. The SMILES string of the molecule is O=C(c1cccc(F)c1)N1CC(=O)N(C2CCCCC2)CC(OCc2cccnc2)C1. The van der Waals surface area contributed by atoms with Crippen LogP contribution in [0.3, 0.4) is 0 Å². The molecule has 1 aromatic heterocycles. The molecular weight excluding hydrogens is 397 g/mol. The van der Waals surface area contributed by atoms with Crippen molar-refractivity contribution >= 4 is 11.8 Å². The molecule has 0 N–H and O–H groups in total. The quantitative estimate of drug-likeness (QED) is 0.736. The molecule has 7 heteroatoms. The first-order valence-electron chi connectivity index (χ1n) is 10.9. The molecule has 1 aliphatic carbocycles. The largest absolute Gasteiger partial charge is 0.370 e. The molecule has 0 bridgehead atoms. The summed E-state index contributed by atoms with van der Waals surface area (Å²) in [7, 11) is 0. The number of pyridine rings is 1. The van der Waals surface area contributed by atoms with E-state index in [1.807, 2.05) is 17.0 Å². The van der Waals surface area contributed by atoms with Crippen molar-refractivity contribution in [1.82, 2.24) is 14.8 Å². The van der Waals surface area contributed by atoms with E-state index in [2.05, 4.69) is 4.98 Å². The second-order valence-electron chi connectivity index (χ2n) is 8.33. The molecule has 4 rings (SSSR count). The van der Waals surface area contributed by atoms with E-state index in [4.69, 9.17) is 4.74 Å². The molecule has 2 fully saturated rings. The first kappa shape index (κ1) is 21.4. The Bertz CT molecular complexity index is 902. The highest BCUT2D eigenvalue weighted by Crippen LogP contribution is 2.25. The van der Waals surface area contributed by atoms with Gasteiger partial charge >= 0.3 is 0 Å². The zero-order chi connectivity index (χ0) is 21.6. The number of aromatic nitrogens is 1. The molecule has 2 aromatic rings. The third-order valence-corrected chi connectivity index (χ3v) is 6.05. The molecule has 6 nitrogen and oxygen atoms in total. The Morgan fingerprint density at radius 2 is 1.97 bits per heavy atom. The fourth-order valence-electron chi connectivity index (χ4n) is 4.45. The van der Waals surface area contributed by atoms with E-state index in [1.165, 1.54) is 29.5 Å². The molecule has 1 saturated heterocycles. The van der Waals surface area contributed by atoms with Crippen LogP contribution >= 0.6 is 0 Å². The Labute approximate surface area is 182 Å². The normalized spacial score (nSPS) is 20.5. The maximum Gasteiger partial charge on any atom is 0.254 e. The van der Waals surface area contributed by atoms with Crippen molar-refractivity contribution in [2.24, 2.45) is 0 Å². The smallest absolute Gasteiger partial charge is 0.254 e. The standard InChI is InChI=1S/C24H28FN3O3/c25-20-8-4-7-19(12-20)24(30)27-14-22(31-17-18-6-5-11-26-13-18)15-28(23(29)16-27)21-9-2-1-3-10-21/h4-8,11-13,21-22H,1-3,9-10,14-17H2. The first-order valence-corrected chi connectivity index (χ1v) is 10.9. The van der Waals surface area contributed by atoms with Gasteiger partial charge in [0.1, 0.15) is 12.4 Å². The molecule has 1 aliphatic heterocycles. The average molecular weight is 426 g/mol. The van der Waals surface area contributed by atoms with E-state index in [9.17, 15) is 14.0 Å². The number of carbonyl (C=O) groups is 2. The lowest BCUT2D eigenvalue weighted by molar-refractivity contribution is -0.134. The number of hydrogen-bond donors (Lipinski definition) is 0. The fourth-order valence-corrected chi connectivity index (χ4v) is 4.45. The molecule has 1 unspecified atom stereocenters. The van der Waals surface area contributed by atoms with E-state index in [1.54, 1.807) is 18.5 Å². The van der Waals surface area contributed by atoms with Crippen LogP contribution in [0.1, 0.15) is 48.0 Å². The van der Waals surface area contributed by atoms with Gasteiger partial charge in [-0.2, -0.15) is 0 Å². The second kappa shape index (κ2) is 10.0. The molecule has 164 valence electrons. The lowest BCUT2D eigenvalue weighted by Gasteiger charge is -2.34. The number of nitrogens with zero attached hydrogens (tertiary/aromatic N) is 3. The Morgan fingerprint density at radius 1 is 1.13 bits per heavy atom.